The summed E-state index contributed by atoms with van der Waals surface area (Å²) < 4.78 is 5.69. The monoisotopic (exact) mass is 227 g/mol. The number of hydrogen-bond acceptors (Lipinski definition) is 3. The van der Waals surface area contributed by atoms with Crippen molar-refractivity contribution in [2.45, 2.75) is 32.3 Å². The lowest BCUT2D eigenvalue weighted by atomic mass is 10.1. The van der Waals surface area contributed by atoms with E-state index in [-0.39, 0.29) is 11.7 Å². The quantitative estimate of drug-likeness (QED) is 0.699. The van der Waals surface area contributed by atoms with Gasteiger partial charge >= 0.3 is 5.97 Å². The van der Waals surface area contributed by atoms with Gasteiger partial charge in [-0.15, -0.1) is 0 Å². The van der Waals surface area contributed by atoms with Gasteiger partial charge in [-0.2, -0.15) is 0 Å². The zero-order chi connectivity index (χ0) is 12.0. The Bertz CT molecular complexity index is 253. The van der Waals surface area contributed by atoms with Crippen LogP contribution in [0.3, 0.4) is 0 Å². The van der Waals surface area contributed by atoms with Crippen LogP contribution in [0.25, 0.3) is 0 Å². The number of carboxylic acid groups (broad SMARTS) is 1. The Morgan fingerprint density at radius 2 is 2.38 bits per heavy atom. The zero-order valence-corrected chi connectivity index (χ0v) is 9.95. The highest BCUT2D eigenvalue weighted by Crippen LogP contribution is 2.14. The van der Waals surface area contributed by atoms with E-state index in [4.69, 9.17) is 9.84 Å². The zero-order valence-electron chi connectivity index (χ0n) is 9.95. The van der Waals surface area contributed by atoms with Crippen molar-refractivity contribution in [2.75, 3.05) is 26.2 Å². The van der Waals surface area contributed by atoms with Gasteiger partial charge in [0.15, 0.2) is 0 Å². The van der Waals surface area contributed by atoms with Gasteiger partial charge in [0.05, 0.1) is 6.10 Å². The minimum atomic E-state index is -0.906. The van der Waals surface area contributed by atoms with Crippen molar-refractivity contribution in [1.29, 1.82) is 0 Å². The molecular weight excluding hydrogens is 206 g/mol. The van der Waals surface area contributed by atoms with Gasteiger partial charge in [0.25, 0.3) is 0 Å². The van der Waals surface area contributed by atoms with E-state index in [1.807, 2.05) is 0 Å². The molecule has 1 aliphatic heterocycles. The molecule has 4 heteroatoms. The molecule has 1 saturated heterocycles. The number of ether oxygens (including phenoxy) is 1. The molecule has 1 aliphatic rings. The lowest BCUT2D eigenvalue weighted by molar-refractivity contribution is -0.133. The summed E-state index contributed by atoms with van der Waals surface area (Å²) in [7, 11) is 0. The predicted octanol–water partition coefficient (Wildman–Crippen LogP) is 1.52. The maximum Gasteiger partial charge on any atom is 0.332 e. The Labute approximate surface area is 96.9 Å². The van der Waals surface area contributed by atoms with Crippen LogP contribution < -0.4 is 0 Å². The van der Waals surface area contributed by atoms with Gasteiger partial charge < -0.3 is 9.84 Å². The van der Waals surface area contributed by atoms with Crippen LogP contribution in [-0.4, -0.2) is 48.3 Å². The molecule has 16 heavy (non-hydrogen) atoms. The first kappa shape index (κ1) is 13.2. The molecule has 0 spiro atoms. The summed E-state index contributed by atoms with van der Waals surface area (Å²) in [5, 5.41) is 8.76. The number of likely N-dealkylation sites (tertiary alicyclic amines) is 1. The van der Waals surface area contributed by atoms with E-state index in [2.05, 4.69) is 18.4 Å². The van der Waals surface area contributed by atoms with E-state index < -0.39 is 5.97 Å². The molecule has 0 aromatic carbocycles. The number of piperidine rings is 1. The van der Waals surface area contributed by atoms with Gasteiger partial charge in [-0.1, -0.05) is 13.5 Å². The third-order valence-electron chi connectivity index (χ3n) is 2.74. The van der Waals surface area contributed by atoms with E-state index in [1.165, 1.54) is 0 Å². The lowest BCUT2D eigenvalue weighted by Crippen LogP contribution is -2.41. The summed E-state index contributed by atoms with van der Waals surface area (Å²) in [6.45, 7) is 8.65. The number of aliphatic carboxylic acids is 1. The molecular formula is C12H21NO3. The summed E-state index contributed by atoms with van der Waals surface area (Å²) in [4.78, 5) is 12.8. The van der Waals surface area contributed by atoms with Crippen LogP contribution in [0.5, 0.6) is 0 Å². The molecule has 0 radical (unpaired) electrons. The summed E-state index contributed by atoms with van der Waals surface area (Å²) in [6, 6.07) is 0. The van der Waals surface area contributed by atoms with Gasteiger partial charge in [-0.05, 0) is 25.8 Å². The number of nitrogens with zero attached hydrogens (tertiary/aromatic N) is 1. The van der Waals surface area contributed by atoms with Crippen molar-refractivity contribution in [3.63, 3.8) is 0 Å². The van der Waals surface area contributed by atoms with Crippen molar-refractivity contribution >= 4 is 5.97 Å². The van der Waals surface area contributed by atoms with Crippen molar-refractivity contribution in [1.82, 2.24) is 4.90 Å². The van der Waals surface area contributed by atoms with E-state index >= 15 is 0 Å². The molecule has 0 saturated carbocycles. The van der Waals surface area contributed by atoms with Crippen LogP contribution in [0.2, 0.25) is 0 Å². The van der Waals surface area contributed by atoms with Crippen molar-refractivity contribution in [3.8, 4) is 0 Å². The van der Waals surface area contributed by atoms with E-state index in [0.29, 0.717) is 6.54 Å². The second-order valence-electron chi connectivity index (χ2n) is 4.28. The fraction of sp³-hybridized carbons (Fsp3) is 0.750. The van der Waals surface area contributed by atoms with E-state index in [1.54, 1.807) is 0 Å². The SMILES string of the molecule is C=C(CN1CCCC(OCCC)C1)C(=O)O. The van der Waals surface area contributed by atoms with Crippen LogP contribution in [0, 0.1) is 0 Å². The third-order valence-corrected chi connectivity index (χ3v) is 2.74. The third kappa shape index (κ3) is 4.33. The molecule has 92 valence electrons. The summed E-state index contributed by atoms with van der Waals surface area (Å²) >= 11 is 0. The largest absolute Gasteiger partial charge is 0.478 e. The highest BCUT2D eigenvalue weighted by Gasteiger charge is 2.21. The minimum Gasteiger partial charge on any atom is -0.478 e. The molecule has 0 aliphatic carbocycles. The van der Waals surface area contributed by atoms with Crippen LogP contribution in [0.4, 0.5) is 0 Å². The second-order valence-corrected chi connectivity index (χ2v) is 4.28. The Kier molecular flexibility index (Phi) is 5.49. The molecule has 0 aromatic heterocycles. The lowest BCUT2D eigenvalue weighted by Gasteiger charge is -2.32. The molecule has 1 unspecified atom stereocenters. The topological polar surface area (TPSA) is 49.8 Å². The normalized spacial score (nSPS) is 21.9. The average molecular weight is 227 g/mol. The van der Waals surface area contributed by atoms with Gasteiger partial charge in [0, 0.05) is 25.3 Å². The van der Waals surface area contributed by atoms with E-state index in [9.17, 15) is 4.79 Å². The predicted molar refractivity (Wildman–Crippen MR) is 62.5 cm³/mol. The number of carbonyl (C=O) groups is 1. The molecule has 1 heterocycles. The summed E-state index contributed by atoms with van der Waals surface area (Å²) in [6.07, 6.45) is 3.44. The maximum absolute atomic E-state index is 10.7. The average Bonchev–Trinajstić information content (AvgIpc) is 2.26. The Hall–Kier alpha value is -0.870. The van der Waals surface area contributed by atoms with Gasteiger partial charge in [0.2, 0.25) is 0 Å². The van der Waals surface area contributed by atoms with E-state index in [0.717, 1.165) is 39.0 Å². The number of hydrogen-bond donors (Lipinski definition) is 1. The smallest absolute Gasteiger partial charge is 0.332 e. The highest BCUT2D eigenvalue weighted by molar-refractivity contribution is 5.86. The molecule has 0 amide bonds. The van der Waals surface area contributed by atoms with Crippen molar-refractivity contribution in [2.24, 2.45) is 0 Å². The van der Waals surface area contributed by atoms with Crippen LogP contribution >= 0.6 is 0 Å². The van der Waals surface area contributed by atoms with Gasteiger partial charge in [-0.25, -0.2) is 4.79 Å². The van der Waals surface area contributed by atoms with Crippen LogP contribution in [-0.2, 0) is 9.53 Å². The molecule has 1 atom stereocenters. The highest BCUT2D eigenvalue weighted by atomic mass is 16.5. The molecule has 0 bridgehead atoms. The van der Waals surface area contributed by atoms with Gasteiger partial charge in [-0.3, -0.25) is 4.90 Å². The summed E-state index contributed by atoms with van der Waals surface area (Å²) in [5.41, 5.74) is 0.260. The molecule has 1 fully saturated rings. The van der Waals surface area contributed by atoms with Crippen LogP contribution in [0.15, 0.2) is 12.2 Å². The maximum atomic E-state index is 10.7. The number of rotatable bonds is 6. The van der Waals surface area contributed by atoms with Crippen molar-refractivity contribution in [3.05, 3.63) is 12.2 Å². The van der Waals surface area contributed by atoms with Crippen LogP contribution in [0.1, 0.15) is 26.2 Å². The molecule has 0 aromatic rings. The standard InChI is InChI=1S/C12H21NO3/c1-3-7-16-11-5-4-6-13(9-11)8-10(2)12(14)15/h11H,2-9H2,1H3,(H,14,15). The Morgan fingerprint density at radius 3 is 3.00 bits per heavy atom. The number of carboxylic acids is 1. The fourth-order valence-corrected chi connectivity index (χ4v) is 1.91. The molecule has 4 nitrogen and oxygen atoms in total. The van der Waals surface area contributed by atoms with Gasteiger partial charge in [0.1, 0.15) is 0 Å². The summed E-state index contributed by atoms with van der Waals surface area (Å²) in [5.74, 6) is -0.906. The Balaban J connectivity index is 2.32. The fourth-order valence-electron chi connectivity index (χ4n) is 1.91. The first-order chi connectivity index (χ1) is 7.63. The molecule has 1 rings (SSSR count). The first-order valence-corrected chi connectivity index (χ1v) is 5.88. The Morgan fingerprint density at radius 1 is 1.62 bits per heavy atom. The first-order valence-electron chi connectivity index (χ1n) is 5.88. The molecule has 1 N–H and O–H groups in total. The minimum absolute atomic E-state index is 0.260. The second kappa shape index (κ2) is 6.66. The van der Waals surface area contributed by atoms with Crippen molar-refractivity contribution < 1.29 is 14.6 Å².